The molecular weight excluding hydrogens is 154 g/mol. The van der Waals surface area contributed by atoms with Gasteiger partial charge in [-0.05, 0) is 6.07 Å². The van der Waals surface area contributed by atoms with E-state index >= 15 is 0 Å². The first-order valence-electron chi connectivity index (χ1n) is 3.49. The van der Waals surface area contributed by atoms with Crippen LogP contribution in [0.1, 0.15) is 5.82 Å². The van der Waals surface area contributed by atoms with E-state index in [0.29, 0.717) is 11.7 Å². The van der Waals surface area contributed by atoms with Gasteiger partial charge in [-0.2, -0.15) is 5.10 Å². The van der Waals surface area contributed by atoms with Gasteiger partial charge >= 0.3 is 0 Å². The summed E-state index contributed by atoms with van der Waals surface area (Å²) in [5.41, 5.74) is 5.58. The van der Waals surface area contributed by atoms with Crippen molar-refractivity contribution >= 4 is 5.84 Å². The fourth-order valence-corrected chi connectivity index (χ4v) is 0.692. The van der Waals surface area contributed by atoms with Gasteiger partial charge in [-0.25, -0.2) is 9.97 Å². The molecule has 0 aliphatic rings. The molecule has 12 heavy (non-hydrogen) atoms. The second-order valence-electron chi connectivity index (χ2n) is 2.40. The number of amidine groups is 1. The summed E-state index contributed by atoms with van der Waals surface area (Å²) in [6.45, 7) is 0. The molecule has 0 aliphatic heterocycles. The SMILES string of the molecule is CN(C)N=C(N)c1ncccn1. The minimum Gasteiger partial charge on any atom is -0.379 e. The largest absolute Gasteiger partial charge is 0.379 e. The molecule has 1 aromatic rings. The molecule has 0 aromatic carbocycles. The molecule has 0 amide bonds. The minimum absolute atomic E-state index is 0.320. The summed E-state index contributed by atoms with van der Waals surface area (Å²) in [4.78, 5) is 7.88. The Bertz CT molecular complexity index is 266. The van der Waals surface area contributed by atoms with Crippen molar-refractivity contribution in [3.63, 3.8) is 0 Å². The lowest BCUT2D eigenvalue weighted by Gasteiger charge is -2.04. The lowest BCUT2D eigenvalue weighted by Crippen LogP contribution is -2.20. The molecule has 0 saturated heterocycles. The van der Waals surface area contributed by atoms with E-state index in [1.807, 2.05) is 0 Å². The van der Waals surface area contributed by atoms with Gasteiger partial charge in [-0.15, -0.1) is 0 Å². The molecule has 0 fully saturated rings. The highest BCUT2D eigenvalue weighted by Crippen LogP contribution is 1.87. The van der Waals surface area contributed by atoms with E-state index in [9.17, 15) is 0 Å². The van der Waals surface area contributed by atoms with Gasteiger partial charge in [0.25, 0.3) is 0 Å². The Kier molecular flexibility index (Phi) is 2.57. The Labute approximate surface area is 70.9 Å². The summed E-state index contributed by atoms with van der Waals surface area (Å²) in [6.07, 6.45) is 3.25. The lowest BCUT2D eigenvalue weighted by molar-refractivity contribution is 0.437. The van der Waals surface area contributed by atoms with E-state index in [1.54, 1.807) is 37.6 Å². The average Bonchev–Trinajstić information content (AvgIpc) is 2.05. The van der Waals surface area contributed by atoms with Crippen molar-refractivity contribution in [2.75, 3.05) is 14.1 Å². The molecule has 1 aromatic heterocycles. The molecule has 1 rings (SSSR count). The number of hydrogen-bond donors (Lipinski definition) is 1. The van der Waals surface area contributed by atoms with Gasteiger partial charge < -0.3 is 10.7 Å². The smallest absolute Gasteiger partial charge is 0.196 e. The average molecular weight is 165 g/mol. The quantitative estimate of drug-likeness (QED) is 0.370. The third kappa shape index (κ3) is 2.19. The molecule has 0 bridgehead atoms. The zero-order valence-electron chi connectivity index (χ0n) is 7.10. The topological polar surface area (TPSA) is 67.4 Å². The maximum Gasteiger partial charge on any atom is 0.196 e. The molecule has 0 radical (unpaired) electrons. The highest BCUT2D eigenvalue weighted by Gasteiger charge is 1.99. The van der Waals surface area contributed by atoms with Crippen LogP contribution in [-0.4, -0.2) is 34.9 Å². The van der Waals surface area contributed by atoms with Crippen molar-refractivity contribution < 1.29 is 0 Å². The summed E-state index contributed by atoms with van der Waals surface area (Å²) in [6, 6.07) is 1.73. The molecule has 1 heterocycles. The maximum atomic E-state index is 5.58. The van der Waals surface area contributed by atoms with Crippen molar-refractivity contribution in [2.45, 2.75) is 0 Å². The van der Waals surface area contributed by atoms with Crippen molar-refractivity contribution in [3.8, 4) is 0 Å². The van der Waals surface area contributed by atoms with E-state index in [2.05, 4.69) is 15.1 Å². The fourth-order valence-electron chi connectivity index (χ4n) is 0.692. The van der Waals surface area contributed by atoms with Crippen molar-refractivity contribution in [1.82, 2.24) is 15.0 Å². The Morgan fingerprint density at radius 2 is 2.00 bits per heavy atom. The maximum absolute atomic E-state index is 5.58. The second kappa shape index (κ2) is 3.66. The van der Waals surface area contributed by atoms with Crippen LogP contribution in [-0.2, 0) is 0 Å². The molecular formula is C7H11N5. The summed E-state index contributed by atoms with van der Waals surface area (Å²) < 4.78 is 0. The predicted octanol–water partition coefficient (Wildman–Crippen LogP) is -0.342. The van der Waals surface area contributed by atoms with E-state index in [0.717, 1.165) is 0 Å². The highest BCUT2D eigenvalue weighted by molar-refractivity contribution is 5.93. The predicted molar refractivity (Wildman–Crippen MR) is 46.4 cm³/mol. The van der Waals surface area contributed by atoms with Crippen LogP contribution >= 0.6 is 0 Å². The third-order valence-electron chi connectivity index (χ3n) is 1.10. The van der Waals surface area contributed by atoms with Gasteiger partial charge in [0.05, 0.1) is 0 Å². The summed E-state index contributed by atoms with van der Waals surface area (Å²) in [7, 11) is 3.58. The standard InChI is InChI=1S/C7H11N5/c1-12(2)11-6(8)7-9-4-3-5-10-7/h3-5H,1-2H3,(H2,8,11). The van der Waals surface area contributed by atoms with E-state index in [4.69, 9.17) is 5.73 Å². The first kappa shape index (κ1) is 8.45. The molecule has 0 aliphatic carbocycles. The number of nitrogens with two attached hydrogens (primary N) is 1. The van der Waals surface area contributed by atoms with E-state index in [1.165, 1.54) is 0 Å². The summed E-state index contributed by atoms with van der Waals surface area (Å²) in [5, 5.41) is 5.55. The van der Waals surface area contributed by atoms with Crippen LogP contribution in [0.15, 0.2) is 23.6 Å². The number of rotatable bonds is 2. The highest BCUT2D eigenvalue weighted by atomic mass is 15.4. The minimum atomic E-state index is 0.320. The Morgan fingerprint density at radius 3 is 2.50 bits per heavy atom. The first-order valence-corrected chi connectivity index (χ1v) is 3.49. The number of nitrogens with zero attached hydrogens (tertiary/aromatic N) is 4. The van der Waals surface area contributed by atoms with Crippen LogP contribution in [0.2, 0.25) is 0 Å². The van der Waals surface area contributed by atoms with E-state index < -0.39 is 0 Å². The van der Waals surface area contributed by atoms with Crippen LogP contribution in [0.5, 0.6) is 0 Å². The van der Waals surface area contributed by atoms with Gasteiger partial charge in [-0.1, -0.05) is 0 Å². The van der Waals surface area contributed by atoms with Gasteiger partial charge in [0, 0.05) is 26.5 Å². The number of aromatic nitrogens is 2. The van der Waals surface area contributed by atoms with Crippen LogP contribution in [0.3, 0.4) is 0 Å². The Hall–Kier alpha value is -1.65. The zero-order chi connectivity index (χ0) is 8.97. The van der Waals surface area contributed by atoms with Gasteiger partial charge in [0.15, 0.2) is 11.7 Å². The fraction of sp³-hybridized carbons (Fsp3) is 0.286. The van der Waals surface area contributed by atoms with Gasteiger partial charge in [0.2, 0.25) is 0 Å². The molecule has 64 valence electrons. The van der Waals surface area contributed by atoms with Crippen molar-refractivity contribution in [3.05, 3.63) is 24.3 Å². The van der Waals surface area contributed by atoms with Crippen LogP contribution in [0, 0.1) is 0 Å². The molecule has 0 saturated carbocycles. The molecule has 0 atom stereocenters. The lowest BCUT2D eigenvalue weighted by atomic mass is 10.5. The number of hydrogen-bond acceptors (Lipinski definition) is 4. The number of hydrazone groups is 1. The molecule has 0 spiro atoms. The van der Waals surface area contributed by atoms with Gasteiger partial charge in [0.1, 0.15) is 0 Å². The van der Waals surface area contributed by atoms with Crippen molar-refractivity contribution in [1.29, 1.82) is 0 Å². The summed E-state index contributed by atoms with van der Waals surface area (Å²) in [5.74, 6) is 0.770. The Morgan fingerprint density at radius 1 is 1.42 bits per heavy atom. The Balaban J connectivity index is 2.85. The second-order valence-corrected chi connectivity index (χ2v) is 2.40. The monoisotopic (exact) mass is 165 g/mol. The zero-order valence-corrected chi connectivity index (χ0v) is 7.10. The normalized spacial score (nSPS) is 11.3. The molecule has 5 nitrogen and oxygen atoms in total. The van der Waals surface area contributed by atoms with Crippen molar-refractivity contribution in [2.24, 2.45) is 10.8 Å². The van der Waals surface area contributed by atoms with Crippen LogP contribution < -0.4 is 5.73 Å². The van der Waals surface area contributed by atoms with Crippen LogP contribution in [0.25, 0.3) is 0 Å². The first-order chi connectivity index (χ1) is 5.70. The third-order valence-corrected chi connectivity index (χ3v) is 1.10. The van der Waals surface area contributed by atoms with Crippen LogP contribution in [0.4, 0.5) is 0 Å². The molecule has 0 unspecified atom stereocenters. The summed E-state index contributed by atoms with van der Waals surface area (Å²) >= 11 is 0. The van der Waals surface area contributed by atoms with E-state index in [-0.39, 0.29) is 0 Å². The van der Waals surface area contributed by atoms with Gasteiger partial charge in [-0.3, -0.25) is 0 Å². The molecule has 5 heteroatoms. The molecule has 2 N–H and O–H groups in total.